The lowest BCUT2D eigenvalue weighted by Crippen LogP contribution is -2.43. The summed E-state index contributed by atoms with van der Waals surface area (Å²) in [6.07, 6.45) is 5.33. The van der Waals surface area contributed by atoms with E-state index in [1.54, 1.807) is 0 Å². The number of hydrogen-bond acceptors (Lipinski definition) is 3. The summed E-state index contributed by atoms with van der Waals surface area (Å²) in [7, 11) is 0. The maximum absolute atomic E-state index is 3.70. The van der Waals surface area contributed by atoms with Crippen molar-refractivity contribution in [3.8, 4) is 0 Å². The smallest absolute Gasteiger partial charge is 0.0216 e. The van der Waals surface area contributed by atoms with Crippen LogP contribution in [0.2, 0.25) is 0 Å². The molecule has 102 valence electrons. The lowest BCUT2D eigenvalue weighted by atomic mass is 9.75. The Morgan fingerprint density at radius 1 is 1.33 bits per heavy atom. The molecule has 0 spiro atoms. The van der Waals surface area contributed by atoms with Gasteiger partial charge in [-0.05, 0) is 66.6 Å². The Balaban J connectivity index is 1.84. The number of piperidine rings is 1. The molecule has 1 aromatic heterocycles. The monoisotopic (exact) mass is 266 g/mol. The van der Waals surface area contributed by atoms with E-state index in [1.165, 1.54) is 56.4 Å². The average molecular weight is 266 g/mol. The molecule has 0 aliphatic carbocycles. The Labute approximate surface area is 115 Å². The summed E-state index contributed by atoms with van der Waals surface area (Å²) in [4.78, 5) is 0. The molecule has 2 rings (SSSR count). The Hall–Kier alpha value is -0.380. The molecule has 0 radical (unpaired) electrons. The Bertz CT molecular complexity index is 348. The predicted octanol–water partition coefficient (Wildman–Crippen LogP) is 3.32. The highest BCUT2D eigenvalue weighted by molar-refractivity contribution is 7.08. The molecule has 0 saturated carbocycles. The number of rotatable bonds is 6. The first-order chi connectivity index (χ1) is 8.76. The molecule has 2 heterocycles. The summed E-state index contributed by atoms with van der Waals surface area (Å²) in [6, 6.07) is 0. The fraction of sp³-hybridized carbons (Fsp3) is 0.733. The van der Waals surface area contributed by atoms with Gasteiger partial charge < -0.3 is 10.6 Å². The van der Waals surface area contributed by atoms with Crippen LogP contribution in [0.5, 0.6) is 0 Å². The van der Waals surface area contributed by atoms with Gasteiger partial charge in [0.1, 0.15) is 0 Å². The zero-order valence-corrected chi connectivity index (χ0v) is 12.5. The van der Waals surface area contributed by atoms with E-state index in [1.807, 2.05) is 11.3 Å². The van der Waals surface area contributed by atoms with E-state index in [0.29, 0.717) is 5.41 Å². The van der Waals surface area contributed by atoms with E-state index in [4.69, 9.17) is 0 Å². The standard InChI is InChI=1S/C15H26N2S/c1-3-4-15(5-7-16-8-6-15)12-17-9-14-11-18-10-13(14)2/h10-11,16-17H,3-9,12H2,1-2H3. The molecule has 2 N–H and O–H groups in total. The molecular formula is C15H26N2S. The van der Waals surface area contributed by atoms with Crippen LogP contribution in [0.15, 0.2) is 10.8 Å². The highest BCUT2D eigenvalue weighted by atomic mass is 32.1. The van der Waals surface area contributed by atoms with E-state index in [9.17, 15) is 0 Å². The fourth-order valence-electron chi connectivity index (χ4n) is 3.03. The van der Waals surface area contributed by atoms with E-state index in [0.717, 1.165) is 6.54 Å². The van der Waals surface area contributed by atoms with E-state index in [2.05, 4.69) is 35.2 Å². The van der Waals surface area contributed by atoms with E-state index in [-0.39, 0.29) is 0 Å². The minimum absolute atomic E-state index is 0.546. The van der Waals surface area contributed by atoms with Gasteiger partial charge in [-0.2, -0.15) is 11.3 Å². The van der Waals surface area contributed by atoms with Crippen molar-refractivity contribution in [2.45, 2.75) is 46.1 Å². The first-order valence-corrected chi connectivity index (χ1v) is 8.13. The van der Waals surface area contributed by atoms with Crippen molar-refractivity contribution in [1.29, 1.82) is 0 Å². The summed E-state index contributed by atoms with van der Waals surface area (Å²) >= 11 is 1.81. The second-order valence-electron chi connectivity index (χ2n) is 5.68. The molecule has 3 heteroatoms. The quantitative estimate of drug-likeness (QED) is 0.825. The predicted molar refractivity (Wildman–Crippen MR) is 80.2 cm³/mol. The molecule has 0 unspecified atom stereocenters. The minimum atomic E-state index is 0.546. The largest absolute Gasteiger partial charge is 0.317 e. The third-order valence-corrected chi connectivity index (χ3v) is 5.13. The molecule has 1 saturated heterocycles. The van der Waals surface area contributed by atoms with Crippen LogP contribution in [0, 0.1) is 12.3 Å². The van der Waals surface area contributed by atoms with Crippen LogP contribution in [0.3, 0.4) is 0 Å². The molecule has 1 aliphatic heterocycles. The fourth-order valence-corrected chi connectivity index (χ4v) is 3.89. The maximum atomic E-state index is 3.70. The molecule has 0 bridgehead atoms. The topological polar surface area (TPSA) is 24.1 Å². The number of thiophene rings is 1. The maximum Gasteiger partial charge on any atom is 0.0216 e. The van der Waals surface area contributed by atoms with Crippen LogP contribution in [0.1, 0.15) is 43.7 Å². The Morgan fingerprint density at radius 3 is 2.72 bits per heavy atom. The minimum Gasteiger partial charge on any atom is -0.317 e. The highest BCUT2D eigenvalue weighted by Gasteiger charge is 2.30. The molecule has 2 nitrogen and oxygen atoms in total. The molecular weight excluding hydrogens is 240 g/mol. The Morgan fingerprint density at radius 2 is 2.11 bits per heavy atom. The number of hydrogen-bond donors (Lipinski definition) is 2. The summed E-state index contributed by atoms with van der Waals surface area (Å²) in [5.41, 5.74) is 3.45. The van der Waals surface area contributed by atoms with Gasteiger partial charge in [0.15, 0.2) is 0 Å². The second kappa shape index (κ2) is 6.69. The van der Waals surface area contributed by atoms with Crippen LogP contribution in [0.25, 0.3) is 0 Å². The van der Waals surface area contributed by atoms with Crippen molar-refractivity contribution in [2.24, 2.45) is 5.41 Å². The van der Waals surface area contributed by atoms with Crippen LogP contribution in [-0.4, -0.2) is 19.6 Å². The van der Waals surface area contributed by atoms with Crippen molar-refractivity contribution in [1.82, 2.24) is 10.6 Å². The van der Waals surface area contributed by atoms with Crippen LogP contribution < -0.4 is 10.6 Å². The van der Waals surface area contributed by atoms with Crippen molar-refractivity contribution in [2.75, 3.05) is 19.6 Å². The second-order valence-corrected chi connectivity index (χ2v) is 6.43. The summed E-state index contributed by atoms with van der Waals surface area (Å²) in [5, 5.41) is 11.7. The summed E-state index contributed by atoms with van der Waals surface area (Å²) in [6.45, 7) is 9.12. The zero-order valence-electron chi connectivity index (χ0n) is 11.7. The molecule has 0 atom stereocenters. The summed E-state index contributed by atoms with van der Waals surface area (Å²) < 4.78 is 0. The van der Waals surface area contributed by atoms with Gasteiger partial charge in [-0.15, -0.1) is 0 Å². The lowest BCUT2D eigenvalue weighted by molar-refractivity contribution is 0.176. The van der Waals surface area contributed by atoms with Crippen molar-refractivity contribution < 1.29 is 0 Å². The SMILES string of the molecule is CCCC1(CNCc2cscc2C)CCNCC1. The van der Waals surface area contributed by atoms with Crippen LogP contribution >= 0.6 is 11.3 Å². The molecule has 0 amide bonds. The Kier molecular flexibility index (Phi) is 5.22. The molecule has 0 aromatic carbocycles. The molecule has 1 aromatic rings. The van der Waals surface area contributed by atoms with Crippen molar-refractivity contribution in [3.63, 3.8) is 0 Å². The number of nitrogens with one attached hydrogen (secondary N) is 2. The van der Waals surface area contributed by atoms with E-state index < -0.39 is 0 Å². The van der Waals surface area contributed by atoms with Gasteiger partial charge in [0.05, 0.1) is 0 Å². The average Bonchev–Trinajstić information content (AvgIpc) is 2.77. The lowest BCUT2D eigenvalue weighted by Gasteiger charge is -2.38. The van der Waals surface area contributed by atoms with E-state index >= 15 is 0 Å². The van der Waals surface area contributed by atoms with Gasteiger partial charge in [0.25, 0.3) is 0 Å². The van der Waals surface area contributed by atoms with Crippen molar-refractivity contribution >= 4 is 11.3 Å². The zero-order chi connectivity index (χ0) is 12.8. The highest BCUT2D eigenvalue weighted by Crippen LogP contribution is 2.33. The number of aryl methyl sites for hydroxylation is 1. The molecule has 1 aliphatic rings. The van der Waals surface area contributed by atoms with Gasteiger partial charge in [0.2, 0.25) is 0 Å². The third kappa shape index (κ3) is 3.56. The van der Waals surface area contributed by atoms with Gasteiger partial charge in [-0.3, -0.25) is 0 Å². The first-order valence-electron chi connectivity index (χ1n) is 7.19. The van der Waals surface area contributed by atoms with Gasteiger partial charge in [-0.1, -0.05) is 13.3 Å². The normalized spacial score (nSPS) is 19.0. The van der Waals surface area contributed by atoms with Crippen LogP contribution in [-0.2, 0) is 6.54 Å². The van der Waals surface area contributed by atoms with Gasteiger partial charge in [0, 0.05) is 13.1 Å². The van der Waals surface area contributed by atoms with Gasteiger partial charge in [-0.25, -0.2) is 0 Å². The third-order valence-electron chi connectivity index (χ3n) is 4.22. The molecule has 1 fully saturated rings. The van der Waals surface area contributed by atoms with Crippen molar-refractivity contribution in [3.05, 3.63) is 21.9 Å². The van der Waals surface area contributed by atoms with Gasteiger partial charge >= 0.3 is 0 Å². The van der Waals surface area contributed by atoms with Crippen LogP contribution in [0.4, 0.5) is 0 Å². The molecule has 18 heavy (non-hydrogen) atoms. The summed E-state index contributed by atoms with van der Waals surface area (Å²) in [5.74, 6) is 0. The first kappa shape index (κ1) is 14.0.